The molecule has 1 amide bonds. The highest BCUT2D eigenvalue weighted by Gasteiger charge is 2.35. The third-order valence-corrected chi connectivity index (χ3v) is 4.64. The molecule has 1 fully saturated rings. The van der Waals surface area contributed by atoms with Gasteiger partial charge in [0.2, 0.25) is 11.8 Å². The number of carbonyl (C=O) groups is 1. The molecule has 3 rings (SSSR count). The second kappa shape index (κ2) is 6.36. The van der Waals surface area contributed by atoms with Crippen molar-refractivity contribution in [2.45, 2.75) is 32.7 Å². The van der Waals surface area contributed by atoms with Gasteiger partial charge in [-0.05, 0) is 36.1 Å². The summed E-state index contributed by atoms with van der Waals surface area (Å²) in [4.78, 5) is 18.7. The maximum absolute atomic E-state index is 13.0. The fourth-order valence-electron chi connectivity index (χ4n) is 2.97. The number of oxazole rings is 1. The molecule has 1 aliphatic rings. The Morgan fingerprint density at radius 2 is 2.12 bits per heavy atom. The molecular formula is C18H22FN3O2. The van der Waals surface area contributed by atoms with Crippen LogP contribution in [0.3, 0.4) is 0 Å². The lowest BCUT2D eigenvalue weighted by Gasteiger charge is -2.42. The fraction of sp³-hybridized carbons (Fsp3) is 0.444. The van der Waals surface area contributed by atoms with Crippen LogP contribution in [-0.2, 0) is 11.2 Å². The molecule has 1 aliphatic heterocycles. The minimum atomic E-state index is -0.313. The van der Waals surface area contributed by atoms with Crippen molar-refractivity contribution < 1.29 is 13.6 Å². The van der Waals surface area contributed by atoms with Gasteiger partial charge in [0.05, 0.1) is 12.1 Å². The Hall–Kier alpha value is -2.21. The highest BCUT2D eigenvalue weighted by molar-refractivity contribution is 5.78. The van der Waals surface area contributed by atoms with Crippen LogP contribution in [0.25, 0.3) is 11.5 Å². The number of piperidine rings is 1. The highest BCUT2D eigenvalue weighted by Crippen LogP contribution is 2.28. The molecule has 0 radical (unpaired) electrons. The van der Waals surface area contributed by atoms with Crippen LogP contribution in [0.2, 0.25) is 0 Å². The van der Waals surface area contributed by atoms with Gasteiger partial charge in [-0.3, -0.25) is 4.79 Å². The lowest BCUT2D eigenvalue weighted by Crippen LogP contribution is -2.54. The molecule has 1 unspecified atom stereocenters. The van der Waals surface area contributed by atoms with Crippen LogP contribution in [0.1, 0.15) is 26.0 Å². The molecule has 2 N–H and O–H groups in total. The first kappa shape index (κ1) is 16.6. The summed E-state index contributed by atoms with van der Waals surface area (Å²) in [5.41, 5.74) is 7.28. The molecule has 1 atom stereocenters. The second-order valence-electron chi connectivity index (χ2n) is 7.03. The Labute approximate surface area is 140 Å². The molecule has 1 aromatic carbocycles. The maximum Gasteiger partial charge on any atom is 0.228 e. The lowest BCUT2D eigenvalue weighted by atomic mass is 9.79. The van der Waals surface area contributed by atoms with Crippen LogP contribution in [0.15, 0.2) is 34.9 Å². The summed E-state index contributed by atoms with van der Waals surface area (Å²) in [6.07, 6.45) is 2.48. The summed E-state index contributed by atoms with van der Waals surface area (Å²) in [5.74, 6) is 0.0966. The van der Waals surface area contributed by atoms with E-state index in [4.69, 9.17) is 10.2 Å². The molecule has 0 spiro atoms. The molecule has 2 aromatic rings. The zero-order valence-corrected chi connectivity index (χ0v) is 14.0. The number of hydrogen-bond donors (Lipinski definition) is 1. The van der Waals surface area contributed by atoms with Crippen molar-refractivity contribution in [3.63, 3.8) is 0 Å². The molecule has 128 valence electrons. The predicted molar refractivity (Wildman–Crippen MR) is 88.6 cm³/mol. The molecule has 0 aliphatic carbocycles. The van der Waals surface area contributed by atoms with Crippen molar-refractivity contribution >= 4 is 5.91 Å². The van der Waals surface area contributed by atoms with Crippen molar-refractivity contribution in [2.75, 3.05) is 13.1 Å². The minimum Gasteiger partial charge on any atom is -0.444 e. The van der Waals surface area contributed by atoms with Gasteiger partial charge in [-0.25, -0.2) is 9.37 Å². The summed E-state index contributed by atoms with van der Waals surface area (Å²) in [6, 6.07) is 6.01. The van der Waals surface area contributed by atoms with Crippen LogP contribution in [0.4, 0.5) is 4.39 Å². The molecule has 5 nitrogen and oxygen atoms in total. The highest BCUT2D eigenvalue weighted by atomic mass is 19.1. The van der Waals surface area contributed by atoms with E-state index in [0.29, 0.717) is 30.2 Å². The molecule has 1 aromatic heterocycles. The van der Waals surface area contributed by atoms with E-state index in [0.717, 1.165) is 6.42 Å². The van der Waals surface area contributed by atoms with Gasteiger partial charge >= 0.3 is 0 Å². The summed E-state index contributed by atoms with van der Waals surface area (Å²) in [5, 5.41) is 0. The van der Waals surface area contributed by atoms with Crippen molar-refractivity contribution in [3.8, 4) is 11.5 Å². The smallest absolute Gasteiger partial charge is 0.228 e. The Morgan fingerprint density at radius 3 is 2.79 bits per heavy atom. The first-order valence-corrected chi connectivity index (χ1v) is 8.09. The number of hydrogen-bond acceptors (Lipinski definition) is 4. The molecule has 24 heavy (non-hydrogen) atoms. The van der Waals surface area contributed by atoms with E-state index in [2.05, 4.69) is 18.8 Å². The summed E-state index contributed by atoms with van der Waals surface area (Å²) < 4.78 is 18.4. The number of nitrogens with two attached hydrogens (primary N) is 1. The monoisotopic (exact) mass is 331 g/mol. The van der Waals surface area contributed by atoms with E-state index in [1.165, 1.54) is 18.4 Å². The molecule has 1 saturated heterocycles. The first-order valence-electron chi connectivity index (χ1n) is 8.09. The average molecular weight is 331 g/mol. The van der Waals surface area contributed by atoms with E-state index in [9.17, 15) is 9.18 Å². The zero-order chi connectivity index (χ0) is 17.3. The van der Waals surface area contributed by atoms with E-state index in [1.807, 2.05) is 4.90 Å². The quantitative estimate of drug-likeness (QED) is 0.938. The van der Waals surface area contributed by atoms with Gasteiger partial charge in [-0.2, -0.15) is 0 Å². The van der Waals surface area contributed by atoms with Gasteiger partial charge in [-0.15, -0.1) is 0 Å². The zero-order valence-electron chi connectivity index (χ0n) is 14.0. The van der Waals surface area contributed by atoms with E-state index in [-0.39, 0.29) is 29.6 Å². The first-order chi connectivity index (χ1) is 11.3. The number of halogens is 1. The van der Waals surface area contributed by atoms with Gasteiger partial charge < -0.3 is 15.1 Å². The number of benzene rings is 1. The van der Waals surface area contributed by atoms with Gasteiger partial charge in [0.25, 0.3) is 0 Å². The van der Waals surface area contributed by atoms with Gasteiger partial charge in [-0.1, -0.05) is 13.8 Å². The normalized spacial score (nSPS) is 20.2. The van der Waals surface area contributed by atoms with Crippen molar-refractivity contribution in [2.24, 2.45) is 11.1 Å². The van der Waals surface area contributed by atoms with Crippen LogP contribution in [0.5, 0.6) is 0 Å². The third-order valence-electron chi connectivity index (χ3n) is 4.64. The van der Waals surface area contributed by atoms with Crippen molar-refractivity contribution in [1.82, 2.24) is 9.88 Å². The Kier molecular flexibility index (Phi) is 4.41. The SMILES string of the molecule is CC1(C)CN(C(=O)Cc2coc(-c3ccc(F)cc3)n2)CCC1N. The topological polar surface area (TPSA) is 72.4 Å². The summed E-state index contributed by atoms with van der Waals surface area (Å²) >= 11 is 0. The maximum atomic E-state index is 13.0. The minimum absolute atomic E-state index is 0.0222. The van der Waals surface area contributed by atoms with E-state index >= 15 is 0 Å². The summed E-state index contributed by atoms with van der Waals surface area (Å²) in [7, 11) is 0. The Morgan fingerprint density at radius 1 is 1.42 bits per heavy atom. The molecule has 0 bridgehead atoms. The number of aromatic nitrogens is 1. The molecule has 6 heteroatoms. The largest absolute Gasteiger partial charge is 0.444 e. The van der Waals surface area contributed by atoms with E-state index < -0.39 is 0 Å². The number of carbonyl (C=O) groups excluding carboxylic acids is 1. The van der Waals surface area contributed by atoms with Gasteiger partial charge in [0.1, 0.15) is 12.1 Å². The predicted octanol–water partition coefficient (Wildman–Crippen LogP) is 2.61. The lowest BCUT2D eigenvalue weighted by molar-refractivity contribution is -0.133. The number of amides is 1. The van der Waals surface area contributed by atoms with Crippen molar-refractivity contribution in [1.29, 1.82) is 0 Å². The van der Waals surface area contributed by atoms with Gasteiger partial charge in [0, 0.05) is 24.7 Å². The molecule has 2 heterocycles. The standard InChI is InChI=1S/C18H22FN3O2/c1-18(2)11-22(8-7-15(18)20)16(23)9-14-10-24-17(21-14)12-3-5-13(19)6-4-12/h3-6,10,15H,7-9,11,20H2,1-2H3. The van der Waals surface area contributed by atoms with Crippen molar-refractivity contribution in [3.05, 3.63) is 42.0 Å². The average Bonchev–Trinajstić information content (AvgIpc) is 2.99. The number of rotatable bonds is 3. The summed E-state index contributed by atoms with van der Waals surface area (Å²) in [6.45, 7) is 5.49. The van der Waals surface area contributed by atoms with Crippen LogP contribution in [-0.4, -0.2) is 34.9 Å². The Balaban J connectivity index is 1.66. The fourth-order valence-corrected chi connectivity index (χ4v) is 2.97. The van der Waals surface area contributed by atoms with Crippen LogP contribution in [0, 0.1) is 11.2 Å². The number of nitrogens with zero attached hydrogens (tertiary/aromatic N) is 2. The van der Waals surface area contributed by atoms with Crippen LogP contribution >= 0.6 is 0 Å². The van der Waals surface area contributed by atoms with E-state index in [1.54, 1.807) is 12.1 Å². The molecular weight excluding hydrogens is 309 g/mol. The van der Waals surface area contributed by atoms with Crippen LogP contribution < -0.4 is 5.73 Å². The Bertz CT molecular complexity index is 724. The molecule has 0 saturated carbocycles. The van der Waals surface area contributed by atoms with Gasteiger partial charge in [0.15, 0.2) is 0 Å². The third kappa shape index (κ3) is 3.48. The number of likely N-dealkylation sites (tertiary alicyclic amines) is 1. The second-order valence-corrected chi connectivity index (χ2v) is 7.03.